The number of nitro groups is 2. The quantitative estimate of drug-likeness (QED) is 0.262. The summed E-state index contributed by atoms with van der Waals surface area (Å²) in [6.45, 7) is 1.35. The minimum Gasteiger partial charge on any atom is -0.465 e. The van der Waals surface area contributed by atoms with Gasteiger partial charge in [-0.15, -0.1) is 0 Å². The van der Waals surface area contributed by atoms with Crippen molar-refractivity contribution in [3.05, 3.63) is 67.0 Å². The van der Waals surface area contributed by atoms with Gasteiger partial charge in [0.05, 0.1) is 43.2 Å². The number of ether oxygens (including phenoxy) is 1. The number of benzene rings is 2. The zero-order chi connectivity index (χ0) is 25.2. The number of esters is 1. The molecule has 0 bridgehead atoms. The zero-order valence-electron chi connectivity index (χ0n) is 17.7. The molecule has 0 radical (unpaired) electrons. The Labute approximate surface area is 195 Å². The molecule has 13 nitrogen and oxygen atoms in total. The van der Waals surface area contributed by atoms with E-state index in [1.165, 1.54) is 22.8 Å². The molecular formula is C19H16N4O9S2. The summed E-state index contributed by atoms with van der Waals surface area (Å²) in [5.74, 6) is -1.67. The van der Waals surface area contributed by atoms with Crippen molar-refractivity contribution in [1.82, 2.24) is 4.57 Å². The third kappa shape index (κ3) is 5.32. The maximum absolute atomic E-state index is 12.8. The largest absolute Gasteiger partial charge is 0.465 e. The molecule has 0 aliphatic carbocycles. The van der Waals surface area contributed by atoms with Crippen molar-refractivity contribution >= 4 is 54.6 Å². The fraction of sp³-hybridized carbons (Fsp3) is 0.211. The first-order valence-corrected chi connectivity index (χ1v) is 12.1. The lowest BCUT2D eigenvalue weighted by atomic mass is 10.1. The SMILES string of the molecule is CCOC(=O)Cn1c(=NC(=O)c2cc([N+](=O)[O-])cc([N+](=O)[O-])c2)sc2cc(S(C)(=O)=O)ccc21. The van der Waals surface area contributed by atoms with Gasteiger partial charge in [-0.25, -0.2) is 8.42 Å². The van der Waals surface area contributed by atoms with Gasteiger partial charge in [0.1, 0.15) is 6.54 Å². The summed E-state index contributed by atoms with van der Waals surface area (Å²) in [6.07, 6.45) is 1.03. The number of thiazole rings is 1. The van der Waals surface area contributed by atoms with Crippen LogP contribution >= 0.6 is 11.3 Å². The van der Waals surface area contributed by atoms with Crippen LogP contribution in [0.3, 0.4) is 0 Å². The fourth-order valence-electron chi connectivity index (χ4n) is 2.94. The summed E-state index contributed by atoms with van der Waals surface area (Å²) in [5, 5.41) is 22.2. The van der Waals surface area contributed by atoms with Crippen LogP contribution in [0.25, 0.3) is 10.2 Å². The number of non-ortho nitro benzene ring substituents is 2. The Kier molecular flexibility index (Phi) is 6.88. The molecule has 0 saturated carbocycles. The number of sulfone groups is 1. The van der Waals surface area contributed by atoms with Gasteiger partial charge in [-0.3, -0.25) is 29.8 Å². The molecule has 0 aliphatic heterocycles. The van der Waals surface area contributed by atoms with Gasteiger partial charge >= 0.3 is 5.97 Å². The van der Waals surface area contributed by atoms with E-state index in [1.54, 1.807) is 6.92 Å². The van der Waals surface area contributed by atoms with Gasteiger partial charge in [-0.1, -0.05) is 11.3 Å². The third-order valence-corrected chi connectivity index (χ3v) is 6.59. The Bertz CT molecular complexity index is 1490. The lowest BCUT2D eigenvalue weighted by molar-refractivity contribution is -0.394. The summed E-state index contributed by atoms with van der Waals surface area (Å²) in [7, 11) is -3.54. The molecule has 15 heteroatoms. The van der Waals surface area contributed by atoms with Crippen molar-refractivity contribution in [2.24, 2.45) is 4.99 Å². The van der Waals surface area contributed by atoms with Gasteiger partial charge in [-0.05, 0) is 25.1 Å². The second-order valence-electron chi connectivity index (χ2n) is 6.85. The molecule has 1 amide bonds. The van der Waals surface area contributed by atoms with Crippen LogP contribution in [0.1, 0.15) is 17.3 Å². The van der Waals surface area contributed by atoms with Crippen molar-refractivity contribution < 1.29 is 32.6 Å². The summed E-state index contributed by atoms with van der Waals surface area (Å²) in [5.41, 5.74) is -1.34. The molecule has 3 aromatic rings. The van der Waals surface area contributed by atoms with Crippen LogP contribution in [0.2, 0.25) is 0 Å². The Morgan fingerprint density at radius 2 is 1.71 bits per heavy atom. The topological polar surface area (TPSA) is 181 Å². The number of nitro benzene ring substituents is 2. The summed E-state index contributed by atoms with van der Waals surface area (Å²) >= 11 is 0.894. The molecule has 0 fully saturated rings. The van der Waals surface area contributed by atoms with E-state index in [1.807, 2.05) is 0 Å². The molecule has 0 N–H and O–H groups in total. The Hall–Kier alpha value is -3.98. The highest BCUT2D eigenvalue weighted by molar-refractivity contribution is 7.90. The number of hydrogen-bond donors (Lipinski definition) is 0. The highest BCUT2D eigenvalue weighted by Crippen LogP contribution is 2.24. The maximum atomic E-state index is 12.8. The second kappa shape index (κ2) is 9.48. The van der Waals surface area contributed by atoms with E-state index in [9.17, 15) is 38.2 Å². The Balaban J connectivity index is 2.21. The highest BCUT2D eigenvalue weighted by atomic mass is 32.2. The number of carbonyl (C=O) groups excluding carboxylic acids is 2. The van der Waals surface area contributed by atoms with Crippen LogP contribution in [0.4, 0.5) is 11.4 Å². The van der Waals surface area contributed by atoms with E-state index in [2.05, 4.69) is 4.99 Å². The molecule has 0 aliphatic rings. The van der Waals surface area contributed by atoms with E-state index in [-0.39, 0.29) is 22.8 Å². The van der Waals surface area contributed by atoms with Gasteiger partial charge in [0.15, 0.2) is 14.6 Å². The summed E-state index contributed by atoms with van der Waals surface area (Å²) < 4.78 is 30.5. The standard InChI is InChI=1S/C19H16N4O9S2/c1-3-32-17(24)10-21-15-5-4-14(34(2,30)31)9-16(15)33-19(21)20-18(25)11-6-12(22(26)27)8-13(7-11)23(28)29/h4-9H,3,10H2,1-2H3. The maximum Gasteiger partial charge on any atom is 0.326 e. The summed E-state index contributed by atoms with van der Waals surface area (Å²) in [6, 6.07) is 6.56. The van der Waals surface area contributed by atoms with Crippen molar-refractivity contribution in [2.75, 3.05) is 12.9 Å². The van der Waals surface area contributed by atoms with Crippen LogP contribution in [0, 0.1) is 20.2 Å². The molecule has 0 saturated heterocycles. The molecule has 1 aromatic heterocycles. The van der Waals surface area contributed by atoms with E-state index in [4.69, 9.17) is 4.74 Å². The van der Waals surface area contributed by atoms with E-state index < -0.39 is 48.5 Å². The van der Waals surface area contributed by atoms with Gasteiger partial charge in [0.2, 0.25) is 0 Å². The van der Waals surface area contributed by atoms with Crippen LogP contribution in [-0.2, 0) is 25.9 Å². The summed E-state index contributed by atoms with van der Waals surface area (Å²) in [4.78, 5) is 49.3. The first kappa shape index (κ1) is 24.7. The van der Waals surface area contributed by atoms with Crippen molar-refractivity contribution in [3.8, 4) is 0 Å². The molecule has 1 heterocycles. The number of amides is 1. The fourth-order valence-corrected chi connectivity index (χ4v) is 4.73. The van der Waals surface area contributed by atoms with Crippen molar-refractivity contribution in [2.45, 2.75) is 18.4 Å². The number of rotatable bonds is 7. The lowest BCUT2D eigenvalue weighted by Crippen LogP contribution is -2.23. The molecule has 34 heavy (non-hydrogen) atoms. The number of fused-ring (bicyclic) bond motifs is 1. The smallest absolute Gasteiger partial charge is 0.326 e. The van der Waals surface area contributed by atoms with Gasteiger partial charge in [0.25, 0.3) is 17.3 Å². The molecule has 2 aromatic carbocycles. The van der Waals surface area contributed by atoms with Gasteiger partial charge in [0, 0.05) is 18.4 Å². The lowest BCUT2D eigenvalue weighted by Gasteiger charge is -2.05. The van der Waals surface area contributed by atoms with Gasteiger partial charge in [-0.2, -0.15) is 4.99 Å². The monoisotopic (exact) mass is 508 g/mol. The number of nitrogens with zero attached hydrogens (tertiary/aromatic N) is 4. The average molecular weight is 508 g/mol. The van der Waals surface area contributed by atoms with Crippen LogP contribution in [0.5, 0.6) is 0 Å². The number of hydrogen-bond acceptors (Lipinski definition) is 10. The first-order chi connectivity index (χ1) is 15.9. The van der Waals surface area contributed by atoms with E-state index in [0.717, 1.165) is 29.7 Å². The van der Waals surface area contributed by atoms with Crippen molar-refractivity contribution in [1.29, 1.82) is 0 Å². The normalized spacial score (nSPS) is 12.0. The number of carbonyl (C=O) groups is 2. The Morgan fingerprint density at radius 1 is 1.09 bits per heavy atom. The molecule has 3 rings (SSSR count). The second-order valence-corrected chi connectivity index (χ2v) is 9.87. The van der Waals surface area contributed by atoms with Crippen LogP contribution in [-0.4, -0.2) is 47.6 Å². The predicted octanol–water partition coefficient (Wildman–Crippen LogP) is 2.23. The number of aromatic nitrogens is 1. The van der Waals surface area contributed by atoms with Crippen molar-refractivity contribution in [3.63, 3.8) is 0 Å². The zero-order valence-corrected chi connectivity index (χ0v) is 19.3. The molecular weight excluding hydrogens is 492 g/mol. The third-order valence-electron chi connectivity index (χ3n) is 4.44. The first-order valence-electron chi connectivity index (χ1n) is 9.42. The predicted molar refractivity (Wildman–Crippen MR) is 119 cm³/mol. The van der Waals surface area contributed by atoms with Crippen LogP contribution < -0.4 is 4.80 Å². The van der Waals surface area contributed by atoms with Crippen LogP contribution in [0.15, 0.2) is 46.3 Å². The molecule has 0 spiro atoms. The van der Waals surface area contributed by atoms with E-state index >= 15 is 0 Å². The Morgan fingerprint density at radius 3 is 2.24 bits per heavy atom. The van der Waals surface area contributed by atoms with Gasteiger partial charge < -0.3 is 9.30 Å². The molecule has 178 valence electrons. The minimum absolute atomic E-state index is 0.0109. The molecule has 0 unspecified atom stereocenters. The molecule has 0 atom stereocenters. The highest BCUT2D eigenvalue weighted by Gasteiger charge is 2.21. The minimum atomic E-state index is -3.54. The van der Waals surface area contributed by atoms with E-state index in [0.29, 0.717) is 16.3 Å². The average Bonchev–Trinajstić information content (AvgIpc) is 3.08.